The molecule has 6 nitrogen and oxygen atoms in total. The van der Waals surface area contributed by atoms with E-state index in [-0.39, 0.29) is 5.97 Å². The van der Waals surface area contributed by atoms with E-state index >= 15 is 0 Å². The first-order valence-electron chi connectivity index (χ1n) is 10.5. The predicted octanol–water partition coefficient (Wildman–Crippen LogP) is 3.98. The van der Waals surface area contributed by atoms with Crippen molar-refractivity contribution in [3.05, 3.63) is 54.0 Å². The van der Waals surface area contributed by atoms with E-state index in [0.717, 1.165) is 31.9 Å². The minimum atomic E-state index is -0.445. The lowest BCUT2D eigenvalue weighted by molar-refractivity contribution is -0.149. The summed E-state index contributed by atoms with van der Waals surface area (Å²) >= 11 is 0. The summed E-state index contributed by atoms with van der Waals surface area (Å²) in [4.78, 5) is 25.7. The standard InChI is InChI=1S/C23H32N4O2/c1-5-9-22(28)29-19(4)23-24-13-12-21(25-23)27-17(2)14-26(15-18(27)3)16-20-10-7-6-8-11-20/h6-8,10-13,17-19H,5,9,14-16H2,1-4H3/t17-,18+,19-/m1/s1. The number of carbonyl (C=O) groups is 1. The summed E-state index contributed by atoms with van der Waals surface area (Å²) in [5.41, 5.74) is 1.34. The maximum absolute atomic E-state index is 11.8. The van der Waals surface area contributed by atoms with Crippen LogP contribution in [-0.2, 0) is 16.1 Å². The molecule has 0 radical (unpaired) electrons. The SMILES string of the molecule is CCCC(=O)O[C@H](C)c1nccc(N2[C@H](C)CN(Cc3ccccc3)C[C@@H]2C)n1. The third kappa shape index (κ3) is 5.54. The van der Waals surface area contributed by atoms with Crippen LogP contribution in [0, 0.1) is 0 Å². The first-order chi connectivity index (χ1) is 14.0. The fourth-order valence-corrected chi connectivity index (χ4v) is 4.07. The van der Waals surface area contributed by atoms with Crippen molar-refractivity contribution in [2.45, 2.75) is 65.3 Å². The summed E-state index contributed by atoms with van der Waals surface area (Å²) in [5, 5.41) is 0. The van der Waals surface area contributed by atoms with E-state index in [2.05, 4.69) is 59.0 Å². The molecule has 2 heterocycles. The van der Waals surface area contributed by atoms with Crippen molar-refractivity contribution in [1.82, 2.24) is 14.9 Å². The maximum Gasteiger partial charge on any atom is 0.306 e. The van der Waals surface area contributed by atoms with E-state index in [0.29, 0.717) is 24.3 Å². The molecule has 3 rings (SSSR count). The summed E-state index contributed by atoms with van der Waals surface area (Å²) < 4.78 is 5.47. The van der Waals surface area contributed by atoms with Crippen LogP contribution in [0.5, 0.6) is 0 Å². The summed E-state index contributed by atoms with van der Waals surface area (Å²) in [6.07, 6.45) is 2.51. The number of rotatable bonds is 7. The molecule has 1 aromatic carbocycles. The second-order valence-corrected chi connectivity index (χ2v) is 7.94. The molecule has 0 saturated carbocycles. The van der Waals surface area contributed by atoms with Crippen molar-refractivity contribution in [1.29, 1.82) is 0 Å². The van der Waals surface area contributed by atoms with Gasteiger partial charge in [0.15, 0.2) is 11.9 Å². The summed E-state index contributed by atoms with van der Waals surface area (Å²) in [6, 6.07) is 13.2. The molecule has 1 aliphatic rings. The second kappa shape index (κ2) is 9.83. The van der Waals surface area contributed by atoms with E-state index in [9.17, 15) is 4.79 Å². The van der Waals surface area contributed by atoms with E-state index in [1.807, 2.05) is 19.9 Å². The van der Waals surface area contributed by atoms with Gasteiger partial charge in [-0.2, -0.15) is 0 Å². The Bertz CT molecular complexity index is 786. The number of nitrogens with zero attached hydrogens (tertiary/aromatic N) is 4. The predicted molar refractivity (Wildman–Crippen MR) is 115 cm³/mol. The van der Waals surface area contributed by atoms with E-state index in [1.54, 1.807) is 6.20 Å². The largest absolute Gasteiger partial charge is 0.454 e. The fourth-order valence-electron chi connectivity index (χ4n) is 4.07. The zero-order valence-electron chi connectivity index (χ0n) is 17.9. The van der Waals surface area contributed by atoms with Gasteiger partial charge in [-0.15, -0.1) is 0 Å². The Morgan fingerprint density at radius 1 is 1.17 bits per heavy atom. The maximum atomic E-state index is 11.8. The summed E-state index contributed by atoms with van der Waals surface area (Å²) in [5.74, 6) is 1.25. The van der Waals surface area contributed by atoms with Crippen LogP contribution >= 0.6 is 0 Å². The van der Waals surface area contributed by atoms with Crippen molar-refractivity contribution in [3.8, 4) is 0 Å². The van der Waals surface area contributed by atoms with E-state index < -0.39 is 6.10 Å². The van der Waals surface area contributed by atoms with Crippen LogP contribution in [0.1, 0.15) is 58.0 Å². The number of anilines is 1. The van der Waals surface area contributed by atoms with Crippen LogP contribution in [0.25, 0.3) is 0 Å². The lowest BCUT2D eigenvalue weighted by atomic mass is 10.1. The topological polar surface area (TPSA) is 58.6 Å². The van der Waals surface area contributed by atoms with Crippen molar-refractivity contribution in [2.75, 3.05) is 18.0 Å². The highest BCUT2D eigenvalue weighted by Crippen LogP contribution is 2.25. The molecule has 1 fully saturated rings. The van der Waals surface area contributed by atoms with E-state index in [1.165, 1.54) is 5.56 Å². The molecule has 1 saturated heterocycles. The monoisotopic (exact) mass is 396 g/mol. The quantitative estimate of drug-likeness (QED) is 0.660. The number of benzene rings is 1. The Kier molecular flexibility index (Phi) is 7.20. The highest BCUT2D eigenvalue weighted by atomic mass is 16.5. The summed E-state index contributed by atoms with van der Waals surface area (Å²) in [6.45, 7) is 11.2. The molecule has 0 N–H and O–H groups in total. The van der Waals surface area contributed by atoms with Crippen molar-refractivity contribution >= 4 is 11.8 Å². The van der Waals surface area contributed by atoms with Crippen LogP contribution in [0.3, 0.4) is 0 Å². The first kappa shape index (κ1) is 21.2. The minimum Gasteiger partial charge on any atom is -0.454 e. The minimum absolute atomic E-state index is 0.203. The van der Waals surface area contributed by atoms with Crippen LogP contribution in [0.2, 0.25) is 0 Å². The van der Waals surface area contributed by atoms with Crippen molar-refractivity contribution in [2.24, 2.45) is 0 Å². The molecule has 2 aromatic rings. The molecule has 0 amide bonds. The molecule has 6 heteroatoms. The average molecular weight is 397 g/mol. The number of hydrogen-bond acceptors (Lipinski definition) is 6. The molecule has 1 aromatic heterocycles. The Hall–Kier alpha value is -2.47. The van der Waals surface area contributed by atoms with E-state index in [4.69, 9.17) is 9.72 Å². The molecule has 0 aliphatic carbocycles. The molecule has 3 atom stereocenters. The molecule has 1 aliphatic heterocycles. The van der Waals surface area contributed by atoms with Crippen LogP contribution in [-0.4, -0.2) is 46.0 Å². The third-order valence-electron chi connectivity index (χ3n) is 5.29. The molecular weight excluding hydrogens is 364 g/mol. The molecular formula is C23H32N4O2. The van der Waals surface area contributed by atoms with Gasteiger partial charge >= 0.3 is 5.97 Å². The van der Waals surface area contributed by atoms with Crippen molar-refractivity contribution < 1.29 is 9.53 Å². The van der Waals surface area contributed by atoms with Gasteiger partial charge in [-0.25, -0.2) is 9.97 Å². The van der Waals surface area contributed by atoms with Gasteiger partial charge in [0, 0.05) is 44.3 Å². The molecule has 0 unspecified atom stereocenters. The van der Waals surface area contributed by atoms with Crippen molar-refractivity contribution in [3.63, 3.8) is 0 Å². The lowest BCUT2D eigenvalue weighted by Crippen LogP contribution is -2.56. The van der Waals surface area contributed by atoms with Gasteiger partial charge in [0.25, 0.3) is 0 Å². The molecule has 0 bridgehead atoms. The third-order valence-corrected chi connectivity index (χ3v) is 5.29. The smallest absolute Gasteiger partial charge is 0.306 e. The van der Waals surface area contributed by atoms with Gasteiger partial charge < -0.3 is 9.64 Å². The van der Waals surface area contributed by atoms with Crippen LogP contribution in [0.15, 0.2) is 42.6 Å². The fraction of sp³-hybridized carbons (Fsp3) is 0.522. The van der Waals surface area contributed by atoms with Gasteiger partial charge in [-0.05, 0) is 38.8 Å². The first-order valence-corrected chi connectivity index (χ1v) is 10.5. The number of piperazine rings is 1. The highest BCUT2D eigenvalue weighted by molar-refractivity contribution is 5.69. The average Bonchev–Trinajstić information content (AvgIpc) is 2.68. The lowest BCUT2D eigenvalue weighted by Gasteiger charge is -2.45. The number of aromatic nitrogens is 2. The Morgan fingerprint density at radius 3 is 2.52 bits per heavy atom. The van der Waals surface area contributed by atoms with Gasteiger partial charge in [-0.3, -0.25) is 9.69 Å². The zero-order valence-corrected chi connectivity index (χ0v) is 17.9. The van der Waals surface area contributed by atoms with Gasteiger partial charge in [-0.1, -0.05) is 37.3 Å². The van der Waals surface area contributed by atoms with Gasteiger partial charge in [0.05, 0.1) is 0 Å². The van der Waals surface area contributed by atoms with Gasteiger partial charge in [0.1, 0.15) is 5.82 Å². The Morgan fingerprint density at radius 2 is 1.86 bits per heavy atom. The second-order valence-electron chi connectivity index (χ2n) is 7.94. The zero-order chi connectivity index (χ0) is 20.8. The number of ether oxygens (including phenoxy) is 1. The normalized spacial score (nSPS) is 21.0. The molecule has 29 heavy (non-hydrogen) atoms. The molecule has 156 valence electrons. The molecule has 0 spiro atoms. The summed E-state index contributed by atoms with van der Waals surface area (Å²) in [7, 11) is 0. The number of carbonyl (C=O) groups excluding carboxylic acids is 1. The Balaban J connectivity index is 1.68. The van der Waals surface area contributed by atoms with Crippen LogP contribution < -0.4 is 4.90 Å². The van der Waals surface area contributed by atoms with Gasteiger partial charge in [0.2, 0.25) is 0 Å². The number of hydrogen-bond donors (Lipinski definition) is 0. The van der Waals surface area contributed by atoms with Crippen LogP contribution in [0.4, 0.5) is 5.82 Å². The Labute approximate surface area is 173 Å². The number of esters is 1. The highest BCUT2D eigenvalue weighted by Gasteiger charge is 2.31.